The van der Waals surface area contributed by atoms with Gasteiger partial charge in [0.05, 0.1) is 26.9 Å². The minimum atomic E-state index is -1.26. The Morgan fingerprint density at radius 2 is 1.90 bits per heavy atom. The second kappa shape index (κ2) is 5.80. The molecule has 0 unspecified atom stereocenters. The summed E-state index contributed by atoms with van der Waals surface area (Å²) in [5, 5.41) is 23.2. The van der Waals surface area contributed by atoms with Crippen LogP contribution in [0.1, 0.15) is 15.9 Å². The number of hydrogen-bond acceptors (Lipinski definition) is 4. The van der Waals surface area contributed by atoms with Crippen molar-refractivity contribution < 1.29 is 14.8 Å². The van der Waals surface area contributed by atoms with Gasteiger partial charge < -0.3 is 10.4 Å². The number of carboxylic acid groups (broad SMARTS) is 1. The summed E-state index contributed by atoms with van der Waals surface area (Å²) in [5.41, 5.74) is 1.25. The Balaban J connectivity index is 2.44. The molecule has 0 bridgehead atoms. The maximum absolute atomic E-state index is 11.2. The molecule has 2 rings (SSSR count). The van der Waals surface area contributed by atoms with Crippen molar-refractivity contribution in [2.45, 2.75) is 6.92 Å². The van der Waals surface area contributed by atoms with Gasteiger partial charge in [-0.3, -0.25) is 10.1 Å². The molecule has 0 fully saturated rings. The first-order valence-electron chi connectivity index (χ1n) is 5.93. The average Bonchev–Trinajstić information content (AvgIpc) is 2.41. The number of hydrogen-bond donors (Lipinski definition) is 2. The van der Waals surface area contributed by atoms with Crippen LogP contribution in [0, 0.1) is 17.0 Å². The van der Waals surface area contributed by atoms with Crippen molar-refractivity contribution in [2.24, 2.45) is 0 Å². The zero-order valence-corrected chi connectivity index (χ0v) is 11.7. The number of halogens is 1. The first-order chi connectivity index (χ1) is 9.88. The highest BCUT2D eigenvalue weighted by Gasteiger charge is 2.16. The quantitative estimate of drug-likeness (QED) is 0.658. The smallest absolute Gasteiger partial charge is 0.338 e. The van der Waals surface area contributed by atoms with Crippen molar-refractivity contribution >= 4 is 34.6 Å². The number of non-ortho nitro benzene ring substituents is 1. The third-order valence-electron chi connectivity index (χ3n) is 2.84. The highest BCUT2D eigenvalue weighted by Crippen LogP contribution is 2.29. The lowest BCUT2D eigenvalue weighted by molar-refractivity contribution is -0.384. The van der Waals surface area contributed by atoms with E-state index in [1.54, 1.807) is 12.1 Å². The molecule has 0 aliphatic rings. The predicted octanol–water partition coefficient (Wildman–Crippen LogP) is 4.00. The molecule has 0 aromatic heterocycles. The first kappa shape index (κ1) is 14.8. The number of carboxylic acids is 1. The first-order valence-corrected chi connectivity index (χ1v) is 6.31. The molecule has 6 nitrogen and oxygen atoms in total. The lowest BCUT2D eigenvalue weighted by Gasteiger charge is -2.11. The topological polar surface area (TPSA) is 92.5 Å². The van der Waals surface area contributed by atoms with Crippen molar-refractivity contribution in [3.63, 3.8) is 0 Å². The van der Waals surface area contributed by atoms with Gasteiger partial charge in [0.15, 0.2) is 0 Å². The van der Waals surface area contributed by atoms with E-state index in [2.05, 4.69) is 5.32 Å². The molecule has 0 heterocycles. The van der Waals surface area contributed by atoms with E-state index in [0.29, 0.717) is 10.7 Å². The van der Waals surface area contributed by atoms with Crippen molar-refractivity contribution in [2.75, 3.05) is 5.32 Å². The molecule has 0 saturated heterocycles. The summed E-state index contributed by atoms with van der Waals surface area (Å²) < 4.78 is 0. The van der Waals surface area contributed by atoms with Gasteiger partial charge in [0.25, 0.3) is 5.69 Å². The summed E-state index contributed by atoms with van der Waals surface area (Å²) >= 11 is 6.07. The van der Waals surface area contributed by atoms with E-state index >= 15 is 0 Å². The lowest BCUT2D eigenvalue weighted by atomic mass is 10.1. The average molecular weight is 307 g/mol. The van der Waals surface area contributed by atoms with E-state index in [-0.39, 0.29) is 16.9 Å². The van der Waals surface area contributed by atoms with Crippen LogP contribution in [0.2, 0.25) is 5.02 Å². The van der Waals surface area contributed by atoms with Crippen LogP contribution in [0.15, 0.2) is 36.4 Å². The SMILES string of the molecule is Cc1ccc(Nc2ccc([N+](=O)[O-])cc2C(=O)O)c(Cl)c1. The number of nitro groups is 1. The van der Waals surface area contributed by atoms with Crippen LogP contribution in [0.3, 0.4) is 0 Å². The van der Waals surface area contributed by atoms with Crippen molar-refractivity contribution in [3.8, 4) is 0 Å². The zero-order chi connectivity index (χ0) is 15.6. The van der Waals surface area contributed by atoms with E-state index in [4.69, 9.17) is 16.7 Å². The number of benzene rings is 2. The Morgan fingerprint density at radius 3 is 2.48 bits per heavy atom. The van der Waals surface area contributed by atoms with Gasteiger partial charge in [0, 0.05) is 12.1 Å². The van der Waals surface area contributed by atoms with Crippen LogP contribution >= 0.6 is 11.6 Å². The van der Waals surface area contributed by atoms with Gasteiger partial charge in [0.1, 0.15) is 0 Å². The van der Waals surface area contributed by atoms with Gasteiger partial charge in [-0.25, -0.2) is 4.79 Å². The van der Waals surface area contributed by atoms with Crippen molar-refractivity contribution in [1.29, 1.82) is 0 Å². The van der Waals surface area contributed by atoms with E-state index in [0.717, 1.165) is 11.6 Å². The van der Waals surface area contributed by atoms with Gasteiger partial charge in [-0.05, 0) is 30.7 Å². The molecule has 21 heavy (non-hydrogen) atoms. The fraction of sp³-hybridized carbons (Fsp3) is 0.0714. The molecule has 2 aromatic carbocycles. The number of rotatable bonds is 4. The molecule has 108 valence electrons. The van der Waals surface area contributed by atoms with E-state index in [1.165, 1.54) is 12.1 Å². The van der Waals surface area contributed by atoms with Crippen LogP contribution < -0.4 is 5.32 Å². The number of aryl methyl sites for hydroxylation is 1. The van der Waals surface area contributed by atoms with Gasteiger partial charge in [0.2, 0.25) is 0 Å². The maximum atomic E-state index is 11.2. The molecule has 0 spiro atoms. The van der Waals surface area contributed by atoms with Crippen LogP contribution in [-0.2, 0) is 0 Å². The minimum absolute atomic E-state index is 0.194. The fourth-order valence-electron chi connectivity index (χ4n) is 1.80. The summed E-state index contributed by atoms with van der Waals surface area (Å²) in [6, 6.07) is 8.85. The monoisotopic (exact) mass is 306 g/mol. The number of nitro benzene ring substituents is 1. The summed E-state index contributed by atoms with van der Waals surface area (Å²) in [4.78, 5) is 21.3. The lowest BCUT2D eigenvalue weighted by Crippen LogP contribution is -2.04. The standard InChI is InChI=1S/C14H11ClN2O4/c1-8-2-4-13(11(15)6-8)16-12-5-3-9(17(20)21)7-10(12)14(18)19/h2-7,16H,1H3,(H,18,19). The van der Waals surface area contributed by atoms with E-state index in [1.807, 2.05) is 13.0 Å². The largest absolute Gasteiger partial charge is 0.478 e. The molecule has 2 N–H and O–H groups in total. The highest BCUT2D eigenvalue weighted by molar-refractivity contribution is 6.33. The molecule has 0 atom stereocenters. The summed E-state index contributed by atoms with van der Waals surface area (Å²) in [5.74, 6) is -1.26. The van der Waals surface area contributed by atoms with Gasteiger partial charge >= 0.3 is 5.97 Å². The van der Waals surface area contributed by atoms with Gasteiger partial charge in [-0.2, -0.15) is 0 Å². The number of nitrogens with one attached hydrogen (secondary N) is 1. The number of anilines is 2. The Morgan fingerprint density at radius 1 is 1.24 bits per heavy atom. The fourth-order valence-corrected chi connectivity index (χ4v) is 2.08. The molecule has 0 aliphatic heterocycles. The molecule has 0 radical (unpaired) electrons. The normalized spacial score (nSPS) is 10.2. The second-order valence-electron chi connectivity index (χ2n) is 4.40. The highest BCUT2D eigenvalue weighted by atomic mass is 35.5. The van der Waals surface area contributed by atoms with Crippen molar-refractivity contribution in [1.82, 2.24) is 0 Å². The zero-order valence-electron chi connectivity index (χ0n) is 11.0. The van der Waals surface area contributed by atoms with Gasteiger partial charge in [-0.15, -0.1) is 0 Å². The molecular formula is C14H11ClN2O4. The maximum Gasteiger partial charge on any atom is 0.338 e. The molecule has 0 amide bonds. The van der Waals surface area contributed by atoms with Gasteiger partial charge in [-0.1, -0.05) is 17.7 Å². The van der Waals surface area contributed by atoms with Crippen LogP contribution in [0.5, 0.6) is 0 Å². The number of aromatic carboxylic acids is 1. The van der Waals surface area contributed by atoms with Crippen LogP contribution in [0.4, 0.5) is 17.1 Å². The molecule has 7 heteroatoms. The third-order valence-corrected chi connectivity index (χ3v) is 3.15. The summed E-state index contributed by atoms with van der Waals surface area (Å²) in [7, 11) is 0. The summed E-state index contributed by atoms with van der Waals surface area (Å²) in [6.45, 7) is 1.88. The molecule has 2 aromatic rings. The Hall–Kier alpha value is -2.60. The minimum Gasteiger partial charge on any atom is -0.478 e. The third kappa shape index (κ3) is 3.29. The van der Waals surface area contributed by atoms with E-state index < -0.39 is 10.9 Å². The Labute approximate surface area is 125 Å². The van der Waals surface area contributed by atoms with Crippen molar-refractivity contribution in [3.05, 3.63) is 62.7 Å². The molecular weight excluding hydrogens is 296 g/mol. The molecule has 0 saturated carbocycles. The number of carbonyl (C=O) groups is 1. The van der Waals surface area contributed by atoms with Crippen LogP contribution in [0.25, 0.3) is 0 Å². The van der Waals surface area contributed by atoms with E-state index in [9.17, 15) is 14.9 Å². The second-order valence-corrected chi connectivity index (χ2v) is 4.81. The number of nitrogens with zero attached hydrogens (tertiary/aromatic N) is 1. The Bertz CT molecular complexity index is 731. The molecule has 0 aliphatic carbocycles. The Kier molecular flexibility index (Phi) is 4.09. The predicted molar refractivity (Wildman–Crippen MR) is 79.5 cm³/mol. The van der Waals surface area contributed by atoms with Crippen LogP contribution in [-0.4, -0.2) is 16.0 Å². The summed E-state index contributed by atoms with van der Waals surface area (Å²) in [6.07, 6.45) is 0.